The first-order chi connectivity index (χ1) is 8.74. The van der Waals surface area contributed by atoms with Crippen LogP contribution < -0.4 is 0 Å². The van der Waals surface area contributed by atoms with Crippen molar-refractivity contribution in [3.8, 4) is 0 Å². The second kappa shape index (κ2) is 5.81. The second-order valence-corrected chi connectivity index (χ2v) is 4.91. The van der Waals surface area contributed by atoms with Crippen LogP contribution in [0.5, 0.6) is 0 Å². The summed E-state index contributed by atoms with van der Waals surface area (Å²) < 4.78 is 0. The minimum Gasteiger partial charge on any atom is -0.269 e. The normalized spacial score (nSPS) is 20.7. The average Bonchev–Trinajstić information content (AvgIpc) is 2.39. The maximum atomic E-state index is 4.21. The Morgan fingerprint density at radius 1 is 1.17 bits per heavy atom. The summed E-state index contributed by atoms with van der Waals surface area (Å²) >= 11 is 0. The molecule has 18 heavy (non-hydrogen) atoms. The fourth-order valence-electron chi connectivity index (χ4n) is 2.55. The highest BCUT2D eigenvalue weighted by Gasteiger charge is 2.16. The van der Waals surface area contributed by atoms with Gasteiger partial charge in [-0.05, 0) is 61.8 Å². The molecule has 0 aromatic carbocycles. The van der Waals surface area contributed by atoms with E-state index in [0.29, 0.717) is 0 Å². The molecule has 0 radical (unpaired) electrons. The van der Waals surface area contributed by atoms with E-state index < -0.39 is 0 Å². The number of rotatable bonds is 3. The van der Waals surface area contributed by atoms with Crippen LogP contribution in [0.4, 0.5) is 0 Å². The molecule has 94 valence electrons. The van der Waals surface area contributed by atoms with Crippen LogP contribution >= 0.6 is 0 Å². The van der Waals surface area contributed by atoms with E-state index in [9.17, 15) is 0 Å². The molecule has 0 atom stereocenters. The molecule has 0 amide bonds. The first-order valence-electron chi connectivity index (χ1n) is 6.65. The van der Waals surface area contributed by atoms with Crippen molar-refractivity contribution < 1.29 is 0 Å². The zero-order valence-corrected chi connectivity index (χ0v) is 11.4. The topological polar surface area (TPSA) is 12.4 Å². The van der Waals surface area contributed by atoms with Crippen molar-refractivity contribution in [1.29, 1.82) is 0 Å². The van der Waals surface area contributed by atoms with E-state index in [-0.39, 0.29) is 0 Å². The molecular formula is C17H21N. The minimum absolute atomic E-state index is 1.10. The van der Waals surface area contributed by atoms with Crippen LogP contribution in [0.25, 0.3) is 0 Å². The van der Waals surface area contributed by atoms with Crippen LogP contribution in [-0.2, 0) is 0 Å². The monoisotopic (exact) mass is 239 g/mol. The Bertz CT molecular complexity index is 496. The molecule has 0 bridgehead atoms. The molecular weight excluding hydrogens is 218 g/mol. The summed E-state index contributed by atoms with van der Waals surface area (Å²) in [6.07, 6.45) is 15.0. The SMILES string of the molecule is C=C/C(=C\N=CC)C1=CC2=C(C=C(C)CC2)CC1. The predicted molar refractivity (Wildman–Crippen MR) is 79.8 cm³/mol. The average molecular weight is 239 g/mol. The Kier molecular flexibility index (Phi) is 4.14. The van der Waals surface area contributed by atoms with Crippen LogP contribution in [-0.4, -0.2) is 6.21 Å². The highest BCUT2D eigenvalue weighted by atomic mass is 14.7. The standard InChI is InChI=1S/C17H21N/c1-4-14(12-18-5-2)16-9-8-15-10-13(3)6-7-17(15)11-16/h4-5,10-12H,1,6-9H2,2-3H3/b14-12+,18-5?. The number of aliphatic imine (C=N–C) groups is 1. The molecule has 1 nitrogen and oxygen atoms in total. The van der Waals surface area contributed by atoms with Crippen molar-refractivity contribution in [1.82, 2.24) is 0 Å². The van der Waals surface area contributed by atoms with Gasteiger partial charge in [0, 0.05) is 12.4 Å². The van der Waals surface area contributed by atoms with Gasteiger partial charge in [-0.15, -0.1) is 0 Å². The molecule has 0 aromatic rings. The van der Waals surface area contributed by atoms with Crippen LogP contribution in [0.1, 0.15) is 39.5 Å². The van der Waals surface area contributed by atoms with Crippen LogP contribution in [0.3, 0.4) is 0 Å². The van der Waals surface area contributed by atoms with Gasteiger partial charge in [0.1, 0.15) is 0 Å². The molecule has 1 heteroatoms. The van der Waals surface area contributed by atoms with E-state index in [2.05, 4.69) is 30.6 Å². The highest BCUT2D eigenvalue weighted by Crippen LogP contribution is 2.35. The quantitative estimate of drug-likeness (QED) is 0.490. The second-order valence-electron chi connectivity index (χ2n) is 4.91. The fourth-order valence-corrected chi connectivity index (χ4v) is 2.55. The van der Waals surface area contributed by atoms with Gasteiger partial charge in [-0.1, -0.05) is 30.4 Å². The lowest BCUT2D eigenvalue weighted by atomic mass is 9.83. The molecule has 2 rings (SSSR count). The minimum atomic E-state index is 1.10. The Morgan fingerprint density at radius 3 is 2.61 bits per heavy atom. The molecule has 0 spiro atoms. The van der Waals surface area contributed by atoms with Gasteiger partial charge in [-0.25, -0.2) is 0 Å². The summed E-state index contributed by atoms with van der Waals surface area (Å²) in [7, 11) is 0. The summed E-state index contributed by atoms with van der Waals surface area (Å²) in [5, 5.41) is 0. The van der Waals surface area contributed by atoms with Gasteiger partial charge in [-0.3, -0.25) is 4.99 Å². The zero-order valence-electron chi connectivity index (χ0n) is 11.4. The summed E-state index contributed by atoms with van der Waals surface area (Å²) in [5.74, 6) is 0. The van der Waals surface area contributed by atoms with Gasteiger partial charge >= 0.3 is 0 Å². The fraction of sp³-hybridized carbons (Fsp3) is 0.353. The molecule has 0 aliphatic heterocycles. The highest BCUT2D eigenvalue weighted by molar-refractivity contribution is 5.56. The van der Waals surface area contributed by atoms with E-state index in [1.54, 1.807) is 0 Å². The lowest BCUT2D eigenvalue weighted by Crippen LogP contribution is -2.04. The molecule has 0 saturated heterocycles. The Morgan fingerprint density at radius 2 is 1.89 bits per heavy atom. The first-order valence-corrected chi connectivity index (χ1v) is 6.65. The lowest BCUT2D eigenvalue weighted by Gasteiger charge is -2.23. The van der Waals surface area contributed by atoms with Gasteiger partial charge in [0.15, 0.2) is 0 Å². The zero-order chi connectivity index (χ0) is 13.0. The van der Waals surface area contributed by atoms with Gasteiger partial charge in [-0.2, -0.15) is 0 Å². The lowest BCUT2D eigenvalue weighted by molar-refractivity contribution is 0.834. The number of nitrogens with zero attached hydrogens (tertiary/aromatic N) is 1. The summed E-state index contributed by atoms with van der Waals surface area (Å²) in [6, 6.07) is 0. The van der Waals surface area contributed by atoms with E-state index in [1.165, 1.54) is 35.1 Å². The van der Waals surface area contributed by atoms with E-state index >= 15 is 0 Å². The third-order valence-electron chi connectivity index (χ3n) is 3.59. The van der Waals surface area contributed by atoms with Crippen LogP contribution in [0.15, 0.2) is 63.9 Å². The van der Waals surface area contributed by atoms with E-state index in [0.717, 1.165) is 18.4 Å². The van der Waals surface area contributed by atoms with Crippen LogP contribution in [0, 0.1) is 0 Å². The molecule has 2 aliphatic carbocycles. The third-order valence-corrected chi connectivity index (χ3v) is 3.59. The molecule has 0 unspecified atom stereocenters. The van der Waals surface area contributed by atoms with Crippen molar-refractivity contribution in [3.05, 3.63) is 58.9 Å². The third kappa shape index (κ3) is 2.79. The summed E-state index contributed by atoms with van der Waals surface area (Å²) in [6.45, 7) is 8.06. The van der Waals surface area contributed by atoms with Crippen molar-refractivity contribution in [3.63, 3.8) is 0 Å². The smallest absolute Gasteiger partial charge is 0.0338 e. The van der Waals surface area contributed by atoms with Gasteiger partial charge < -0.3 is 0 Å². The van der Waals surface area contributed by atoms with Crippen LogP contribution in [0.2, 0.25) is 0 Å². The van der Waals surface area contributed by atoms with E-state index in [4.69, 9.17) is 0 Å². The van der Waals surface area contributed by atoms with Crippen molar-refractivity contribution in [2.24, 2.45) is 4.99 Å². The van der Waals surface area contributed by atoms with E-state index in [1.807, 2.05) is 25.4 Å². The summed E-state index contributed by atoms with van der Waals surface area (Å²) in [5.41, 5.74) is 7.09. The molecule has 0 fully saturated rings. The molecule has 0 heterocycles. The predicted octanol–water partition coefficient (Wildman–Crippen LogP) is 4.90. The maximum Gasteiger partial charge on any atom is 0.0338 e. The summed E-state index contributed by atoms with van der Waals surface area (Å²) in [4.78, 5) is 4.21. The van der Waals surface area contributed by atoms with Crippen molar-refractivity contribution in [2.45, 2.75) is 39.5 Å². The first kappa shape index (κ1) is 12.8. The maximum absolute atomic E-state index is 4.21. The largest absolute Gasteiger partial charge is 0.269 e. The molecule has 0 N–H and O–H groups in total. The van der Waals surface area contributed by atoms with Gasteiger partial charge in [0.25, 0.3) is 0 Å². The number of allylic oxidation sites excluding steroid dienone is 8. The Hall–Kier alpha value is -1.63. The van der Waals surface area contributed by atoms with Gasteiger partial charge in [0.2, 0.25) is 0 Å². The van der Waals surface area contributed by atoms with Gasteiger partial charge in [0.05, 0.1) is 0 Å². The molecule has 0 saturated carbocycles. The van der Waals surface area contributed by atoms with Crippen molar-refractivity contribution in [2.75, 3.05) is 0 Å². The van der Waals surface area contributed by atoms with Crippen molar-refractivity contribution >= 4 is 6.21 Å². The Labute approximate surface area is 110 Å². The molecule has 2 aliphatic rings. The number of hydrogen-bond acceptors (Lipinski definition) is 1. The molecule has 0 aromatic heterocycles. The number of hydrogen-bond donors (Lipinski definition) is 0. The Balaban J connectivity index is 2.30.